The van der Waals surface area contributed by atoms with Gasteiger partial charge in [-0.1, -0.05) is 75.7 Å². The maximum absolute atomic E-state index is 14.1. The van der Waals surface area contributed by atoms with Gasteiger partial charge in [-0.15, -0.1) is 0 Å². The molecule has 0 bridgehead atoms. The van der Waals surface area contributed by atoms with Crippen LogP contribution >= 0.6 is 11.6 Å². The molecule has 0 fully saturated rings. The third-order valence-corrected chi connectivity index (χ3v) is 9.78. The van der Waals surface area contributed by atoms with Gasteiger partial charge in [0, 0.05) is 53.9 Å². The maximum Gasteiger partial charge on any atom is 0.416 e. The third kappa shape index (κ3) is 6.88. The van der Waals surface area contributed by atoms with Crippen molar-refractivity contribution in [2.24, 2.45) is 10.8 Å². The lowest BCUT2D eigenvalue weighted by molar-refractivity contribution is -0.385. The van der Waals surface area contributed by atoms with Crippen LogP contribution in [0.4, 0.5) is 18.9 Å². The second-order valence-corrected chi connectivity index (χ2v) is 15.1. The number of Topliss-reactive ketones (excluding diaryl/α,β-unsaturated/α-hetero) is 2. The first-order valence-electron chi connectivity index (χ1n) is 16.1. The zero-order valence-corrected chi connectivity index (χ0v) is 28.4. The molecule has 7 nitrogen and oxygen atoms in total. The first kappa shape index (κ1) is 34.4. The van der Waals surface area contributed by atoms with Crippen LogP contribution in [0.2, 0.25) is 5.02 Å². The Morgan fingerprint density at radius 2 is 1.43 bits per heavy atom. The molecular formula is C38H36ClF3N2O5. The van der Waals surface area contributed by atoms with Crippen molar-refractivity contribution >= 4 is 28.9 Å². The number of nitro benzene ring substituents is 1. The Kier molecular flexibility index (Phi) is 8.76. The zero-order chi connectivity index (χ0) is 35.5. The molecule has 0 N–H and O–H groups in total. The monoisotopic (exact) mass is 692 g/mol. The zero-order valence-electron chi connectivity index (χ0n) is 27.6. The molecule has 6 rings (SSSR count). The summed E-state index contributed by atoms with van der Waals surface area (Å²) in [5.74, 6) is -1.20. The van der Waals surface area contributed by atoms with Gasteiger partial charge in [-0.05, 0) is 65.5 Å². The van der Waals surface area contributed by atoms with Crippen LogP contribution in [0, 0.1) is 20.9 Å². The van der Waals surface area contributed by atoms with Crippen molar-refractivity contribution in [1.82, 2.24) is 4.90 Å². The van der Waals surface area contributed by atoms with E-state index in [1.54, 1.807) is 12.1 Å². The van der Waals surface area contributed by atoms with Crippen LogP contribution < -0.4 is 4.74 Å². The molecule has 0 amide bonds. The lowest BCUT2D eigenvalue weighted by Gasteiger charge is -2.49. The van der Waals surface area contributed by atoms with E-state index in [4.69, 9.17) is 16.3 Å². The Morgan fingerprint density at radius 3 is 1.96 bits per heavy atom. The van der Waals surface area contributed by atoms with Crippen LogP contribution in [0.3, 0.4) is 0 Å². The number of ether oxygens (including phenoxy) is 1. The first-order chi connectivity index (χ1) is 22.9. The van der Waals surface area contributed by atoms with Crippen molar-refractivity contribution < 1.29 is 32.4 Å². The number of hydrogen-bond acceptors (Lipinski definition) is 6. The fourth-order valence-electron chi connectivity index (χ4n) is 7.36. The average molecular weight is 693 g/mol. The Hall–Kier alpha value is -4.44. The molecule has 0 saturated heterocycles. The van der Waals surface area contributed by atoms with Gasteiger partial charge in [0.05, 0.1) is 15.5 Å². The van der Waals surface area contributed by atoms with Crippen molar-refractivity contribution in [2.45, 2.75) is 71.9 Å². The largest absolute Gasteiger partial charge is 0.449 e. The molecule has 0 spiro atoms. The minimum Gasteiger partial charge on any atom is -0.449 e. The predicted molar refractivity (Wildman–Crippen MR) is 179 cm³/mol. The Morgan fingerprint density at radius 1 is 0.857 bits per heavy atom. The van der Waals surface area contributed by atoms with Gasteiger partial charge in [0.25, 0.3) is 0 Å². The van der Waals surface area contributed by atoms with Crippen molar-refractivity contribution in [3.05, 3.63) is 121 Å². The van der Waals surface area contributed by atoms with Crippen LogP contribution in [-0.4, -0.2) is 27.9 Å². The Labute approximate surface area is 287 Å². The van der Waals surface area contributed by atoms with Gasteiger partial charge in [-0.2, -0.15) is 13.2 Å². The highest BCUT2D eigenvalue weighted by Gasteiger charge is 2.49. The molecule has 3 aromatic rings. The van der Waals surface area contributed by atoms with Gasteiger partial charge in [0.2, 0.25) is 5.75 Å². The lowest BCUT2D eigenvalue weighted by Crippen LogP contribution is -2.45. The second-order valence-electron chi connectivity index (χ2n) is 14.7. The number of carbonyl (C=O) groups is 2. The minimum absolute atomic E-state index is 0.0229. The second kappa shape index (κ2) is 12.5. The number of nitrogens with zero attached hydrogens (tertiary/aromatic N) is 2. The van der Waals surface area contributed by atoms with Crippen LogP contribution in [-0.2, 0) is 22.2 Å². The highest BCUT2D eigenvalue weighted by Crippen LogP contribution is 2.55. The number of ketones is 2. The topological polar surface area (TPSA) is 89.8 Å². The van der Waals surface area contributed by atoms with Crippen LogP contribution in [0.5, 0.6) is 11.5 Å². The van der Waals surface area contributed by atoms with Crippen LogP contribution in [0.1, 0.15) is 76.0 Å². The van der Waals surface area contributed by atoms with Gasteiger partial charge in [-0.3, -0.25) is 19.7 Å². The molecular weight excluding hydrogens is 657 g/mol. The molecule has 0 radical (unpaired) electrons. The van der Waals surface area contributed by atoms with E-state index in [1.165, 1.54) is 6.07 Å². The molecule has 11 heteroatoms. The Balaban J connectivity index is 1.45. The smallest absolute Gasteiger partial charge is 0.416 e. The minimum atomic E-state index is -4.78. The van der Waals surface area contributed by atoms with E-state index in [0.29, 0.717) is 61.1 Å². The maximum atomic E-state index is 14.1. The van der Waals surface area contributed by atoms with Crippen LogP contribution in [0.25, 0.3) is 0 Å². The van der Waals surface area contributed by atoms with Gasteiger partial charge >= 0.3 is 11.9 Å². The number of hydrogen-bond donors (Lipinski definition) is 0. The number of halogens is 4. The molecule has 1 aliphatic heterocycles. The van der Waals surface area contributed by atoms with Crippen molar-refractivity contribution in [1.29, 1.82) is 0 Å². The van der Waals surface area contributed by atoms with Crippen LogP contribution in [0.15, 0.2) is 89.3 Å². The summed E-state index contributed by atoms with van der Waals surface area (Å²) >= 11 is 6.71. The molecule has 2 aliphatic carbocycles. The van der Waals surface area contributed by atoms with Gasteiger partial charge in [0.15, 0.2) is 11.6 Å². The SMILES string of the molecule is CC1(C)CC(=O)C2=C(C1)N(CCc1ccccc1)C1=C(C(=O)CC(C)(C)C1)C2c1ccc(Oc2ccc(C(F)(F)F)cc2[N+](=O)[O-])c(Cl)c1. The van der Waals surface area contributed by atoms with E-state index in [0.717, 1.165) is 29.4 Å². The van der Waals surface area contributed by atoms with E-state index in [1.807, 2.05) is 18.2 Å². The van der Waals surface area contributed by atoms with E-state index >= 15 is 0 Å². The number of allylic oxidation sites excluding steroid dienone is 4. The van der Waals surface area contributed by atoms with Crippen molar-refractivity contribution in [2.75, 3.05) is 6.54 Å². The quantitative estimate of drug-likeness (QED) is 0.181. The average Bonchev–Trinajstić information content (AvgIpc) is 2.99. The molecule has 3 aromatic carbocycles. The summed E-state index contributed by atoms with van der Waals surface area (Å²) in [6.45, 7) is 8.88. The molecule has 1 heterocycles. The van der Waals surface area contributed by atoms with Gasteiger partial charge in [-0.25, -0.2) is 0 Å². The Bertz CT molecular complexity index is 1880. The fourth-order valence-corrected chi connectivity index (χ4v) is 7.58. The molecule has 0 saturated carbocycles. The van der Waals surface area contributed by atoms with Gasteiger partial charge in [0.1, 0.15) is 5.75 Å². The standard InChI is InChI=1S/C38H36ClF3N2O5/c1-36(2)18-27-34(29(45)20-36)33(35-28(19-37(3,4)21-30(35)46)43(27)15-14-22-8-6-5-7-9-22)23-10-12-31(25(39)16-23)49-32-13-11-24(38(40,41)42)17-26(32)44(47)48/h5-13,16-17,33H,14-15,18-21H2,1-4H3. The number of alkyl halides is 3. The highest BCUT2D eigenvalue weighted by molar-refractivity contribution is 6.32. The number of nitro groups is 1. The highest BCUT2D eigenvalue weighted by atomic mass is 35.5. The summed E-state index contributed by atoms with van der Waals surface area (Å²) in [5, 5.41) is 11.7. The molecule has 3 aliphatic rings. The molecule has 49 heavy (non-hydrogen) atoms. The molecule has 256 valence electrons. The number of benzene rings is 3. The first-order valence-corrected chi connectivity index (χ1v) is 16.5. The summed E-state index contributed by atoms with van der Waals surface area (Å²) in [5.41, 5.74) is 2.03. The van der Waals surface area contributed by atoms with E-state index in [2.05, 4.69) is 44.7 Å². The molecule has 0 aromatic heterocycles. The summed E-state index contributed by atoms with van der Waals surface area (Å²) in [6, 6.07) is 16.8. The molecule has 0 atom stereocenters. The molecule has 0 unspecified atom stereocenters. The fraction of sp³-hybridized carbons (Fsp3) is 0.368. The number of rotatable bonds is 7. The van der Waals surface area contributed by atoms with Crippen molar-refractivity contribution in [3.63, 3.8) is 0 Å². The summed E-state index contributed by atoms with van der Waals surface area (Å²) in [7, 11) is 0. The lowest BCUT2D eigenvalue weighted by atomic mass is 9.63. The van der Waals surface area contributed by atoms with Crippen molar-refractivity contribution in [3.8, 4) is 11.5 Å². The van der Waals surface area contributed by atoms with Gasteiger partial charge < -0.3 is 9.64 Å². The normalized spacial score (nSPS) is 19.1. The van der Waals surface area contributed by atoms with E-state index < -0.39 is 34.0 Å². The number of carbonyl (C=O) groups excluding carboxylic acids is 2. The summed E-state index contributed by atoms with van der Waals surface area (Å²) < 4.78 is 45.5. The summed E-state index contributed by atoms with van der Waals surface area (Å²) in [6.07, 6.45) is -2.17. The predicted octanol–water partition coefficient (Wildman–Crippen LogP) is 9.99. The van der Waals surface area contributed by atoms with E-state index in [-0.39, 0.29) is 33.2 Å². The third-order valence-electron chi connectivity index (χ3n) is 9.48. The van der Waals surface area contributed by atoms with E-state index in [9.17, 15) is 32.9 Å². The summed E-state index contributed by atoms with van der Waals surface area (Å²) in [4.78, 5) is 41.2.